The van der Waals surface area contributed by atoms with Crippen molar-refractivity contribution in [3.05, 3.63) is 70.2 Å². The molecule has 2 aromatic carbocycles. The maximum Gasteiger partial charge on any atom is 0.165 e. The van der Waals surface area contributed by atoms with Crippen LogP contribution in [0.3, 0.4) is 0 Å². The predicted molar refractivity (Wildman–Crippen MR) is 91.6 cm³/mol. The summed E-state index contributed by atoms with van der Waals surface area (Å²) in [5, 5.41) is 0.796. The highest BCUT2D eigenvalue weighted by atomic mass is 35.5. The molecule has 0 aromatic heterocycles. The van der Waals surface area contributed by atoms with E-state index in [1.807, 2.05) is 36.4 Å². The summed E-state index contributed by atoms with van der Waals surface area (Å²) >= 11 is 6.20. The van der Waals surface area contributed by atoms with Crippen molar-refractivity contribution in [1.29, 1.82) is 0 Å². The van der Waals surface area contributed by atoms with E-state index in [4.69, 9.17) is 11.6 Å². The molecule has 0 atom stereocenters. The summed E-state index contributed by atoms with van der Waals surface area (Å²) in [4.78, 5) is 12.5. The van der Waals surface area contributed by atoms with Gasteiger partial charge in [-0.25, -0.2) is 0 Å². The molecule has 22 heavy (non-hydrogen) atoms. The van der Waals surface area contributed by atoms with Crippen LogP contribution in [0.1, 0.15) is 53.6 Å². The van der Waals surface area contributed by atoms with E-state index in [1.54, 1.807) is 0 Å². The van der Waals surface area contributed by atoms with E-state index in [0.717, 1.165) is 35.4 Å². The number of ketones is 1. The fourth-order valence-electron chi connectivity index (χ4n) is 3.25. The van der Waals surface area contributed by atoms with Crippen molar-refractivity contribution in [2.75, 3.05) is 0 Å². The van der Waals surface area contributed by atoms with E-state index < -0.39 is 0 Å². The number of carbonyl (C=O) groups excluding carboxylic acids is 1. The maximum atomic E-state index is 12.5. The minimum atomic E-state index is 0.239. The lowest BCUT2D eigenvalue weighted by Gasteiger charge is -2.20. The molecule has 0 amide bonds. The first kappa shape index (κ1) is 15.3. The fraction of sp³-hybridized carbons (Fsp3) is 0.350. The van der Waals surface area contributed by atoms with E-state index in [1.165, 1.54) is 24.8 Å². The molecule has 3 rings (SSSR count). The van der Waals surface area contributed by atoms with Crippen molar-refractivity contribution in [2.45, 2.75) is 38.5 Å². The summed E-state index contributed by atoms with van der Waals surface area (Å²) < 4.78 is 0. The highest BCUT2D eigenvalue weighted by Gasteiger charge is 2.22. The molecule has 0 radical (unpaired) electrons. The van der Waals surface area contributed by atoms with Crippen molar-refractivity contribution in [3.8, 4) is 0 Å². The van der Waals surface area contributed by atoms with Crippen LogP contribution < -0.4 is 0 Å². The molecule has 0 aliphatic heterocycles. The van der Waals surface area contributed by atoms with Crippen LogP contribution in [-0.4, -0.2) is 5.78 Å². The predicted octanol–water partition coefficient (Wildman–Crippen LogP) is 5.69. The van der Waals surface area contributed by atoms with E-state index >= 15 is 0 Å². The van der Waals surface area contributed by atoms with Gasteiger partial charge in [0, 0.05) is 16.5 Å². The van der Waals surface area contributed by atoms with Crippen LogP contribution in [0.15, 0.2) is 48.5 Å². The molecule has 1 saturated carbocycles. The van der Waals surface area contributed by atoms with Crippen LogP contribution in [-0.2, 0) is 6.42 Å². The standard InChI is InChI=1S/C20H21ClO/c21-19-9-5-4-8-18(19)14-15-10-12-17(13-11-15)20(22)16-6-2-1-3-7-16/h4-5,8-13,16H,1-3,6-7,14H2. The Morgan fingerprint density at radius 2 is 1.64 bits per heavy atom. The van der Waals surface area contributed by atoms with Gasteiger partial charge in [-0.05, 0) is 36.5 Å². The minimum absolute atomic E-state index is 0.239. The van der Waals surface area contributed by atoms with Crippen LogP contribution >= 0.6 is 11.6 Å². The number of rotatable bonds is 4. The monoisotopic (exact) mass is 312 g/mol. The lowest BCUT2D eigenvalue weighted by Crippen LogP contribution is -2.17. The van der Waals surface area contributed by atoms with Crippen molar-refractivity contribution in [3.63, 3.8) is 0 Å². The number of Topliss-reactive ketones (excluding diaryl/α,β-unsaturated/α-hetero) is 1. The first-order valence-corrected chi connectivity index (χ1v) is 8.48. The Balaban J connectivity index is 1.70. The number of hydrogen-bond acceptors (Lipinski definition) is 1. The molecule has 0 saturated heterocycles. The minimum Gasteiger partial charge on any atom is -0.294 e. The third kappa shape index (κ3) is 3.59. The Morgan fingerprint density at radius 1 is 0.955 bits per heavy atom. The lowest BCUT2D eigenvalue weighted by atomic mass is 9.83. The summed E-state index contributed by atoms with van der Waals surface area (Å²) in [5.41, 5.74) is 3.17. The van der Waals surface area contributed by atoms with Gasteiger partial charge in [0.05, 0.1) is 0 Å². The Bertz CT molecular complexity index is 639. The molecule has 114 valence electrons. The van der Waals surface area contributed by atoms with E-state index in [0.29, 0.717) is 5.78 Å². The molecule has 0 bridgehead atoms. The smallest absolute Gasteiger partial charge is 0.165 e. The normalized spacial score (nSPS) is 15.7. The van der Waals surface area contributed by atoms with Crippen LogP contribution in [0, 0.1) is 5.92 Å². The van der Waals surface area contributed by atoms with Gasteiger partial charge in [0.1, 0.15) is 0 Å². The summed E-state index contributed by atoms with van der Waals surface area (Å²) in [6.07, 6.45) is 6.58. The quantitative estimate of drug-likeness (QED) is 0.662. The Labute approximate surface area is 137 Å². The zero-order valence-electron chi connectivity index (χ0n) is 12.7. The molecule has 1 aliphatic rings. The van der Waals surface area contributed by atoms with Crippen LogP contribution in [0.25, 0.3) is 0 Å². The second kappa shape index (κ2) is 7.11. The van der Waals surface area contributed by atoms with Gasteiger partial charge in [0.15, 0.2) is 5.78 Å². The van der Waals surface area contributed by atoms with E-state index in [-0.39, 0.29) is 5.92 Å². The van der Waals surface area contributed by atoms with Gasteiger partial charge in [-0.3, -0.25) is 4.79 Å². The molecule has 0 spiro atoms. The van der Waals surface area contributed by atoms with Crippen molar-refractivity contribution in [2.24, 2.45) is 5.92 Å². The Morgan fingerprint density at radius 3 is 2.32 bits per heavy atom. The van der Waals surface area contributed by atoms with Gasteiger partial charge in [-0.2, -0.15) is 0 Å². The molecule has 0 heterocycles. The third-order valence-corrected chi connectivity index (χ3v) is 4.94. The van der Waals surface area contributed by atoms with E-state index in [2.05, 4.69) is 12.1 Å². The van der Waals surface area contributed by atoms with E-state index in [9.17, 15) is 4.79 Å². The van der Waals surface area contributed by atoms with Gasteiger partial charge < -0.3 is 0 Å². The second-order valence-corrected chi connectivity index (χ2v) is 6.57. The van der Waals surface area contributed by atoms with Gasteiger partial charge in [0.2, 0.25) is 0 Å². The second-order valence-electron chi connectivity index (χ2n) is 6.16. The van der Waals surface area contributed by atoms with Gasteiger partial charge in [-0.15, -0.1) is 0 Å². The molecule has 1 fully saturated rings. The molecule has 2 aromatic rings. The summed E-state index contributed by atoms with van der Waals surface area (Å²) in [6.45, 7) is 0. The lowest BCUT2D eigenvalue weighted by molar-refractivity contribution is 0.0889. The van der Waals surface area contributed by atoms with Crippen LogP contribution in [0.2, 0.25) is 5.02 Å². The molecule has 0 unspecified atom stereocenters. The number of benzene rings is 2. The molecule has 0 N–H and O–H groups in total. The number of hydrogen-bond donors (Lipinski definition) is 0. The average Bonchev–Trinajstić information content (AvgIpc) is 2.58. The first-order chi connectivity index (χ1) is 10.7. The largest absolute Gasteiger partial charge is 0.294 e. The van der Waals surface area contributed by atoms with Gasteiger partial charge in [0.25, 0.3) is 0 Å². The zero-order chi connectivity index (χ0) is 15.4. The molecule has 2 heteroatoms. The van der Waals surface area contributed by atoms with Crippen molar-refractivity contribution in [1.82, 2.24) is 0 Å². The third-order valence-electron chi connectivity index (χ3n) is 4.57. The maximum absolute atomic E-state index is 12.5. The molecular weight excluding hydrogens is 292 g/mol. The zero-order valence-corrected chi connectivity index (χ0v) is 13.5. The topological polar surface area (TPSA) is 17.1 Å². The highest BCUT2D eigenvalue weighted by Crippen LogP contribution is 2.27. The SMILES string of the molecule is O=C(c1ccc(Cc2ccccc2Cl)cc1)C1CCCCC1. The van der Waals surface area contributed by atoms with Gasteiger partial charge in [-0.1, -0.05) is 73.3 Å². The van der Waals surface area contributed by atoms with Crippen molar-refractivity contribution < 1.29 is 4.79 Å². The number of carbonyl (C=O) groups is 1. The average molecular weight is 313 g/mol. The molecular formula is C20H21ClO. The number of halogens is 1. The summed E-state index contributed by atoms with van der Waals surface area (Å²) in [5.74, 6) is 0.562. The fourth-order valence-corrected chi connectivity index (χ4v) is 3.45. The van der Waals surface area contributed by atoms with Crippen molar-refractivity contribution >= 4 is 17.4 Å². The van der Waals surface area contributed by atoms with Crippen LogP contribution in [0.4, 0.5) is 0 Å². The highest BCUT2D eigenvalue weighted by molar-refractivity contribution is 6.31. The first-order valence-electron chi connectivity index (χ1n) is 8.10. The van der Waals surface area contributed by atoms with Gasteiger partial charge >= 0.3 is 0 Å². The molecule has 1 aliphatic carbocycles. The van der Waals surface area contributed by atoms with Crippen LogP contribution in [0.5, 0.6) is 0 Å². The summed E-state index contributed by atoms with van der Waals surface area (Å²) in [7, 11) is 0. The Kier molecular flexibility index (Phi) is 4.94. The molecule has 1 nitrogen and oxygen atoms in total. The summed E-state index contributed by atoms with van der Waals surface area (Å²) in [6, 6.07) is 16.0. The Hall–Kier alpha value is -1.60.